The highest BCUT2D eigenvalue weighted by molar-refractivity contribution is 5.93. The Morgan fingerprint density at radius 1 is 1.35 bits per heavy atom. The van der Waals surface area contributed by atoms with E-state index in [-0.39, 0.29) is 5.91 Å². The van der Waals surface area contributed by atoms with Crippen LogP contribution in [0, 0.1) is 6.92 Å². The highest BCUT2D eigenvalue weighted by Gasteiger charge is 2.07. The predicted octanol–water partition coefficient (Wildman–Crippen LogP) is 3.05. The summed E-state index contributed by atoms with van der Waals surface area (Å²) in [5.74, 6) is 0.496. The summed E-state index contributed by atoms with van der Waals surface area (Å²) in [7, 11) is 0. The van der Waals surface area contributed by atoms with Gasteiger partial charge in [-0.15, -0.1) is 0 Å². The molecule has 23 heavy (non-hydrogen) atoms. The molecule has 0 saturated carbocycles. The molecule has 122 valence electrons. The summed E-state index contributed by atoms with van der Waals surface area (Å²) in [6.45, 7) is 4.74. The maximum Gasteiger partial charge on any atom is 0.291 e. The van der Waals surface area contributed by atoms with Gasteiger partial charge in [0.15, 0.2) is 5.69 Å². The van der Waals surface area contributed by atoms with Gasteiger partial charge < -0.3 is 4.74 Å². The van der Waals surface area contributed by atoms with Gasteiger partial charge in [-0.3, -0.25) is 9.89 Å². The summed E-state index contributed by atoms with van der Waals surface area (Å²) < 4.78 is 5.64. The molecule has 1 amide bonds. The summed E-state index contributed by atoms with van der Waals surface area (Å²) in [6.07, 6.45) is 5.01. The molecule has 0 bridgehead atoms. The lowest BCUT2D eigenvalue weighted by atomic mass is 10.2. The molecule has 0 spiro atoms. The van der Waals surface area contributed by atoms with Gasteiger partial charge in [-0.05, 0) is 49.2 Å². The first kappa shape index (κ1) is 16.7. The standard InChI is InChI=1S/C17H22N4O2/c1-3-4-5-10-23-15-8-6-14(7-9-15)12-18-21-17(22)16-11-13(2)19-20-16/h6-9,11-12H,3-5,10H2,1-2H3,(H,19,20)(H,21,22)/b18-12-. The fourth-order valence-corrected chi connectivity index (χ4v) is 1.95. The van der Waals surface area contributed by atoms with Crippen molar-refractivity contribution in [1.29, 1.82) is 0 Å². The molecule has 0 atom stereocenters. The molecule has 0 aliphatic rings. The first-order valence-electron chi connectivity index (χ1n) is 7.77. The van der Waals surface area contributed by atoms with Crippen LogP contribution < -0.4 is 10.2 Å². The Bertz CT molecular complexity index is 647. The normalized spacial score (nSPS) is 10.9. The number of benzene rings is 1. The lowest BCUT2D eigenvalue weighted by Gasteiger charge is -2.05. The first-order valence-corrected chi connectivity index (χ1v) is 7.77. The Balaban J connectivity index is 1.79. The quantitative estimate of drug-likeness (QED) is 0.446. The number of hydrazone groups is 1. The average molecular weight is 314 g/mol. The topological polar surface area (TPSA) is 79.4 Å². The van der Waals surface area contributed by atoms with E-state index in [9.17, 15) is 4.79 Å². The van der Waals surface area contributed by atoms with E-state index >= 15 is 0 Å². The molecule has 0 radical (unpaired) electrons. The van der Waals surface area contributed by atoms with Crippen molar-refractivity contribution in [3.05, 3.63) is 47.3 Å². The van der Waals surface area contributed by atoms with Crippen LogP contribution in [0.25, 0.3) is 0 Å². The monoisotopic (exact) mass is 314 g/mol. The number of nitrogens with one attached hydrogen (secondary N) is 2. The minimum Gasteiger partial charge on any atom is -0.494 e. The molecule has 6 nitrogen and oxygen atoms in total. The molecule has 2 aromatic rings. The number of carbonyl (C=O) groups is 1. The Morgan fingerprint density at radius 2 is 2.13 bits per heavy atom. The van der Waals surface area contributed by atoms with Crippen LogP contribution >= 0.6 is 0 Å². The summed E-state index contributed by atoms with van der Waals surface area (Å²) in [5, 5.41) is 10.5. The maximum absolute atomic E-state index is 11.7. The van der Waals surface area contributed by atoms with E-state index in [1.54, 1.807) is 12.3 Å². The van der Waals surface area contributed by atoms with Crippen LogP contribution in [0.4, 0.5) is 0 Å². The van der Waals surface area contributed by atoms with Crippen LogP contribution in [-0.4, -0.2) is 28.9 Å². The maximum atomic E-state index is 11.7. The largest absolute Gasteiger partial charge is 0.494 e. The molecule has 1 aromatic heterocycles. The Hall–Kier alpha value is -2.63. The van der Waals surface area contributed by atoms with Crippen LogP contribution in [0.5, 0.6) is 5.75 Å². The summed E-state index contributed by atoms with van der Waals surface area (Å²) >= 11 is 0. The van der Waals surface area contributed by atoms with Gasteiger partial charge in [0.05, 0.1) is 12.8 Å². The van der Waals surface area contributed by atoms with Crippen LogP contribution in [-0.2, 0) is 0 Å². The number of amides is 1. The van der Waals surface area contributed by atoms with Crippen LogP contribution in [0.15, 0.2) is 35.4 Å². The second-order valence-electron chi connectivity index (χ2n) is 5.26. The second-order valence-corrected chi connectivity index (χ2v) is 5.26. The fourth-order valence-electron chi connectivity index (χ4n) is 1.95. The van der Waals surface area contributed by atoms with Gasteiger partial charge in [0, 0.05) is 5.69 Å². The molecule has 0 aliphatic carbocycles. The second kappa shape index (κ2) is 8.73. The number of H-pyrrole nitrogens is 1. The van der Waals surface area contributed by atoms with Crippen LogP contribution in [0.2, 0.25) is 0 Å². The van der Waals surface area contributed by atoms with Crippen molar-refractivity contribution in [3.8, 4) is 5.75 Å². The van der Waals surface area contributed by atoms with Gasteiger partial charge in [0.2, 0.25) is 0 Å². The van der Waals surface area contributed by atoms with Crippen molar-refractivity contribution in [2.45, 2.75) is 33.1 Å². The van der Waals surface area contributed by atoms with E-state index in [4.69, 9.17) is 4.74 Å². The van der Waals surface area contributed by atoms with Crippen molar-refractivity contribution in [1.82, 2.24) is 15.6 Å². The lowest BCUT2D eigenvalue weighted by Crippen LogP contribution is -2.17. The summed E-state index contributed by atoms with van der Waals surface area (Å²) in [5.41, 5.74) is 4.46. The minimum atomic E-state index is -0.346. The van der Waals surface area contributed by atoms with Crippen molar-refractivity contribution >= 4 is 12.1 Å². The summed E-state index contributed by atoms with van der Waals surface area (Å²) in [4.78, 5) is 11.7. The highest BCUT2D eigenvalue weighted by atomic mass is 16.5. The minimum absolute atomic E-state index is 0.315. The van der Waals surface area contributed by atoms with E-state index in [1.807, 2.05) is 31.2 Å². The first-order chi connectivity index (χ1) is 11.2. The van der Waals surface area contributed by atoms with Crippen molar-refractivity contribution in [2.24, 2.45) is 5.10 Å². The molecule has 1 heterocycles. The van der Waals surface area contributed by atoms with Gasteiger partial charge in [0.25, 0.3) is 5.91 Å². The SMILES string of the molecule is CCCCCOc1ccc(/C=N\NC(=O)c2cc(C)[nH]n2)cc1. The van der Waals surface area contributed by atoms with Gasteiger partial charge in [-0.25, -0.2) is 5.43 Å². The lowest BCUT2D eigenvalue weighted by molar-refractivity contribution is 0.0950. The predicted molar refractivity (Wildman–Crippen MR) is 89.8 cm³/mol. The third-order valence-corrected chi connectivity index (χ3v) is 3.22. The number of aromatic amines is 1. The number of aryl methyl sites for hydroxylation is 1. The van der Waals surface area contributed by atoms with Gasteiger partial charge in [-0.2, -0.15) is 10.2 Å². The van der Waals surface area contributed by atoms with E-state index in [0.717, 1.165) is 30.0 Å². The average Bonchev–Trinajstić information content (AvgIpc) is 2.99. The number of nitrogens with zero attached hydrogens (tertiary/aromatic N) is 2. The Labute approximate surface area is 135 Å². The number of carbonyl (C=O) groups excluding carboxylic acids is 1. The number of hydrogen-bond donors (Lipinski definition) is 2. The van der Waals surface area contributed by atoms with Crippen LogP contribution in [0.1, 0.15) is 47.9 Å². The molecular formula is C17H22N4O2. The molecule has 0 saturated heterocycles. The Morgan fingerprint density at radius 3 is 2.78 bits per heavy atom. The number of unbranched alkanes of at least 4 members (excludes halogenated alkanes) is 2. The molecule has 2 rings (SSSR count). The smallest absolute Gasteiger partial charge is 0.291 e. The molecule has 0 fully saturated rings. The van der Waals surface area contributed by atoms with E-state index in [2.05, 4.69) is 27.6 Å². The zero-order valence-corrected chi connectivity index (χ0v) is 13.5. The van der Waals surface area contributed by atoms with E-state index in [0.29, 0.717) is 5.69 Å². The summed E-state index contributed by atoms with van der Waals surface area (Å²) in [6, 6.07) is 9.24. The fraction of sp³-hybridized carbons (Fsp3) is 0.353. The van der Waals surface area contributed by atoms with E-state index < -0.39 is 0 Å². The number of rotatable bonds is 8. The molecule has 6 heteroatoms. The Kier molecular flexibility index (Phi) is 6.35. The zero-order chi connectivity index (χ0) is 16.5. The van der Waals surface area contributed by atoms with Crippen LogP contribution in [0.3, 0.4) is 0 Å². The van der Waals surface area contributed by atoms with Crippen molar-refractivity contribution < 1.29 is 9.53 Å². The third-order valence-electron chi connectivity index (χ3n) is 3.22. The number of hydrogen-bond acceptors (Lipinski definition) is 4. The van der Waals surface area contributed by atoms with Crippen molar-refractivity contribution in [2.75, 3.05) is 6.61 Å². The molecule has 2 N–H and O–H groups in total. The number of aromatic nitrogens is 2. The molecular weight excluding hydrogens is 292 g/mol. The van der Waals surface area contributed by atoms with Gasteiger partial charge >= 0.3 is 0 Å². The van der Waals surface area contributed by atoms with E-state index in [1.165, 1.54) is 12.8 Å². The number of ether oxygens (including phenoxy) is 1. The van der Waals surface area contributed by atoms with Gasteiger partial charge in [0.1, 0.15) is 5.75 Å². The zero-order valence-electron chi connectivity index (χ0n) is 13.5. The highest BCUT2D eigenvalue weighted by Crippen LogP contribution is 2.11. The molecule has 0 unspecified atom stereocenters. The molecule has 1 aromatic carbocycles. The van der Waals surface area contributed by atoms with Crippen molar-refractivity contribution in [3.63, 3.8) is 0 Å². The molecule has 0 aliphatic heterocycles. The van der Waals surface area contributed by atoms with Gasteiger partial charge in [-0.1, -0.05) is 19.8 Å². The third kappa shape index (κ3) is 5.58.